The minimum absolute atomic E-state index is 0.234. The van der Waals surface area contributed by atoms with E-state index in [4.69, 9.17) is 26.4 Å². The summed E-state index contributed by atoms with van der Waals surface area (Å²) in [5.41, 5.74) is 1.79. The van der Waals surface area contributed by atoms with E-state index in [1.165, 1.54) is 4.90 Å². The van der Waals surface area contributed by atoms with Gasteiger partial charge in [0.2, 0.25) is 0 Å². The Bertz CT molecular complexity index is 893. The summed E-state index contributed by atoms with van der Waals surface area (Å²) in [7, 11) is 3.15. The van der Waals surface area contributed by atoms with Crippen LogP contribution < -0.4 is 24.4 Å². The first-order valence-corrected chi connectivity index (χ1v) is 8.80. The van der Waals surface area contributed by atoms with Gasteiger partial charge in [0.1, 0.15) is 22.9 Å². The number of carbonyl (C=O) groups excluding carboxylic acids is 1. The summed E-state index contributed by atoms with van der Waals surface area (Å²) >= 11 is 5.35. The van der Waals surface area contributed by atoms with Crippen molar-refractivity contribution >= 4 is 35.0 Å². The van der Waals surface area contributed by atoms with Crippen LogP contribution in [0.1, 0.15) is 12.5 Å². The van der Waals surface area contributed by atoms with Crippen molar-refractivity contribution in [3.63, 3.8) is 0 Å². The van der Waals surface area contributed by atoms with E-state index in [1.54, 1.807) is 44.6 Å². The van der Waals surface area contributed by atoms with E-state index in [2.05, 4.69) is 5.32 Å². The highest BCUT2D eigenvalue weighted by atomic mass is 32.1. The van der Waals surface area contributed by atoms with Crippen LogP contribution in [0.15, 0.2) is 48.2 Å². The Balaban J connectivity index is 1.88. The second-order valence-electron chi connectivity index (χ2n) is 5.66. The van der Waals surface area contributed by atoms with Gasteiger partial charge in [0, 0.05) is 11.6 Å². The van der Waals surface area contributed by atoms with E-state index in [-0.39, 0.29) is 5.91 Å². The van der Waals surface area contributed by atoms with Crippen LogP contribution in [0.2, 0.25) is 0 Å². The predicted octanol–water partition coefficient (Wildman–Crippen LogP) is 3.36. The van der Waals surface area contributed by atoms with Crippen molar-refractivity contribution < 1.29 is 19.0 Å². The fourth-order valence-corrected chi connectivity index (χ4v) is 3.02. The second kappa shape index (κ2) is 8.09. The number of benzene rings is 2. The number of methoxy groups -OCH3 is 2. The highest BCUT2D eigenvalue weighted by Crippen LogP contribution is 2.29. The third kappa shape index (κ3) is 3.88. The van der Waals surface area contributed by atoms with Gasteiger partial charge in [0.15, 0.2) is 5.11 Å². The molecule has 0 aromatic heterocycles. The fourth-order valence-electron chi connectivity index (χ4n) is 2.72. The molecule has 1 heterocycles. The molecular weight excluding hydrogens is 364 g/mol. The predicted molar refractivity (Wildman–Crippen MR) is 108 cm³/mol. The topological polar surface area (TPSA) is 60.0 Å². The third-order valence-corrected chi connectivity index (χ3v) is 4.31. The molecule has 1 aliphatic rings. The molecule has 1 N–H and O–H groups in total. The van der Waals surface area contributed by atoms with Gasteiger partial charge in [-0.1, -0.05) is 0 Å². The molecule has 0 atom stereocenters. The van der Waals surface area contributed by atoms with Crippen molar-refractivity contribution in [2.24, 2.45) is 0 Å². The Morgan fingerprint density at radius 2 is 1.78 bits per heavy atom. The van der Waals surface area contributed by atoms with Crippen LogP contribution in [0, 0.1) is 0 Å². The fraction of sp³-hybridized carbons (Fsp3) is 0.200. The Labute approximate surface area is 163 Å². The number of carbonyl (C=O) groups is 1. The number of anilines is 1. The Hall–Kier alpha value is -3.06. The maximum absolute atomic E-state index is 12.9. The average Bonchev–Trinajstić information content (AvgIpc) is 2.96. The molecule has 6 nitrogen and oxygen atoms in total. The number of hydrogen-bond donors (Lipinski definition) is 1. The molecule has 0 unspecified atom stereocenters. The molecule has 1 amide bonds. The minimum atomic E-state index is -0.234. The van der Waals surface area contributed by atoms with E-state index in [1.807, 2.05) is 25.1 Å². The Kier molecular flexibility index (Phi) is 5.61. The molecule has 0 aliphatic carbocycles. The highest BCUT2D eigenvalue weighted by molar-refractivity contribution is 7.80. The zero-order valence-electron chi connectivity index (χ0n) is 15.3. The van der Waals surface area contributed by atoms with Crippen LogP contribution in [-0.2, 0) is 4.79 Å². The van der Waals surface area contributed by atoms with Gasteiger partial charge in [0.25, 0.3) is 5.91 Å². The lowest BCUT2D eigenvalue weighted by Crippen LogP contribution is -2.30. The monoisotopic (exact) mass is 384 g/mol. The molecule has 0 radical (unpaired) electrons. The van der Waals surface area contributed by atoms with E-state index in [9.17, 15) is 4.79 Å². The van der Waals surface area contributed by atoms with Crippen molar-refractivity contribution in [2.75, 3.05) is 25.7 Å². The van der Waals surface area contributed by atoms with Crippen LogP contribution in [0.4, 0.5) is 5.69 Å². The van der Waals surface area contributed by atoms with Crippen LogP contribution in [0.3, 0.4) is 0 Å². The minimum Gasteiger partial charge on any atom is -0.497 e. The molecule has 0 bridgehead atoms. The molecular formula is C20H20N2O4S. The van der Waals surface area contributed by atoms with Gasteiger partial charge in [-0.25, -0.2) is 0 Å². The smallest absolute Gasteiger partial charge is 0.281 e. The van der Waals surface area contributed by atoms with Crippen molar-refractivity contribution in [3.8, 4) is 17.2 Å². The molecule has 0 spiro atoms. The van der Waals surface area contributed by atoms with E-state index in [0.717, 1.165) is 11.3 Å². The summed E-state index contributed by atoms with van der Waals surface area (Å²) in [6.07, 6.45) is 1.71. The second-order valence-corrected chi connectivity index (χ2v) is 6.05. The molecule has 2 aromatic rings. The summed E-state index contributed by atoms with van der Waals surface area (Å²) in [4.78, 5) is 14.3. The van der Waals surface area contributed by atoms with Gasteiger partial charge in [0.05, 0.1) is 26.5 Å². The quantitative estimate of drug-likeness (QED) is 0.609. The summed E-state index contributed by atoms with van der Waals surface area (Å²) in [6.45, 7) is 2.50. The zero-order chi connectivity index (χ0) is 19.4. The van der Waals surface area contributed by atoms with Crippen LogP contribution in [0.5, 0.6) is 17.2 Å². The maximum Gasteiger partial charge on any atom is 0.281 e. The lowest BCUT2D eigenvalue weighted by atomic mass is 10.1. The molecule has 1 saturated heterocycles. The van der Waals surface area contributed by atoms with Crippen LogP contribution in [-0.4, -0.2) is 31.8 Å². The first-order valence-electron chi connectivity index (χ1n) is 8.39. The standard InChI is InChI=1S/C20H20N2O4S/c1-4-26-15-9-6-14(7-10-15)22-19(23)17(21-20(22)27)11-13-5-8-16(24-2)12-18(13)25-3/h5-12H,4H2,1-3H3,(H,21,27)/b17-11+. The Morgan fingerprint density at radius 3 is 2.41 bits per heavy atom. The van der Waals surface area contributed by atoms with Crippen molar-refractivity contribution in [1.82, 2.24) is 5.32 Å². The van der Waals surface area contributed by atoms with E-state index in [0.29, 0.717) is 34.6 Å². The molecule has 140 valence electrons. The largest absolute Gasteiger partial charge is 0.497 e. The summed E-state index contributed by atoms with van der Waals surface area (Å²) in [5.74, 6) is 1.78. The summed E-state index contributed by atoms with van der Waals surface area (Å²) < 4.78 is 16.0. The van der Waals surface area contributed by atoms with E-state index < -0.39 is 0 Å². The normalized spacial score (nSPS) is 15.1. The molecule has 1 fully saturated rings. The highest BCUT2D eigenvalue weighted by Gasteiger charge is 2.32. The average molecular weight is 384 g/mol. The lowest BCUT2D eigenvalue weighted by Gasteiger charge is -2.14. The van der Waals surface area contributed by atoms with Crippen LogP contribution >= 0.6 is 12.2 Å². The van der Waals surface area contributed by atoms with Crippen LogP contribution in [0.25, 0.3) is 6.08 Å². The number of nitrogens with zero attached hydrogens (tertiary/aromatic N) is 1. The molecule has 27 heavy (non-hydrogen) atoms. The van der Waals surface area contributed by atoms with Gasteiger partial charge in [-0.2, -0.15) is 0 Å². The van der Waals surface area contributed by atoms with Gasteiger partial charge < -0.3 is 19.5 Å². The van der Waals surface area contributed by atoms with Crippen molar-refractivity contribution in [3.05, 3.63) is 53.7 Å². The van der Waals surface area contributed by atoms with Gasteiger partial charge in [-0.3, -0.25) is 9.69 Å². The Morgan fingerprint density at radius 1 is 1.07 bits per heavy atom. The summed E-state index contributed by atoms with van der Waals surface area (Å²) in [6, 6.07) is 12.6. The molecule has 3 rings (SSSR count). The lowest BCUT2D eigenvalue weighted by molar-refractivity contribution is -0.113. The number of ether oxygens (including phenoxy) is 3. The van der Waals surface area contributed by atoms with Gasteiger partial charge in [-0.05, 0) is 61.6 Å². The number of nitrogens with one attached hydrogen (secondary N) is 1. The first-order chi connectivity index (χ1) is 13.1. The molecule has 7 heteroatoms. The first kappa shape index (κ1) is 18.7. The van der Waals surface area contributed by atoms with Crippen molar-refractivity contribution in [1.29, 1.82) is 0 Å². The number of thiocarbonyl (C=S) groups is 1. The number of amides is 1. The molecule has 2 aromatic carbocycles. The third-order valence-electron chi connectivity index (χ3n) is 4.02. The van der Waals surface area contributed by atoms with Gasteiger partial charge >= 0.3 is 0 Å². The van der Waals surface area contributed by atoms with Crippen molar-refractivity contribution in [2.45, 2.75) is 6.92 Å². The summed E-state index contributed by atoms with van der Waals surface area (Å²) in [5, 5.41) is 3.29. The van der Waals surface area contributed by atoms with Gasteiger partial charge in [-0.15, -0.1) is 0 Å². The zero-order valence-corrected chi connectivity index (χ0v) is 16.1. The molecule has 0 saturated carbocycles. The number of rotatable bonds is 6. The van der Waals surface area contributed by atoms with E-state index >= 15 is 0 Å². The number of hydrogen-bond acceptors (Lipinski definition) is 5. The molecule has 1 aliphatic heterocycles. The maximum atomic E-state index is 12.9. The SMILES string of the molecule is CCOc1ccc(N2C(=O)/C(=C\c3ccc(OC)cc3OC)NC2=S)cc1.